The average Bonchev–Trinajstić information content (AvgIpc) is 2.16. The van der Waals surface area contributed by atoms with Gasteiger partial charge in [-0.05, 0) is 32.6 Å². The highest BCUT2D eigenvalue weighted by molar-refractivity contribution is 5.70. The summed E-state index contributed by atoms with van der Waals surface area (Å²) in [5.74, 6) is -1.71. The lowest BCUT2D eigenvalue weighted by Gasteiger charge is -2.37. The lowest BCUT2D eigenvalue weighted by molar-refractivity contribution is -0.185. The number of esters is 1. The summed E-state index contributed by atoms with van der Waals surface area (Å²) in [4.78, 5) is 11.3. The summed E-state index contributed by atoms with van der Waals surface area (Å²) in [6, 6.07) is 0. The molecule has 0 aromatic heterocycles. The largest absolute Gasteiger partial charge is 0.466 e. The van der Waals surface area contributed by atoms with Crippen LogP contribution in [0.3, 0.4) is 0 Å². The van der Waals surface area contributed by atoms with E-state index in [2.05, 4.69) is 0 Å². The number of hydrogen-bond acceptors (Lipinski definition) is 3. The molecule has 17 heavy (non-hydrogen) atoms. The molecular weight excluding hydrogens is 235 g/mol. The number of ether oxygens (including phenoxy) is 1. The number of rotatable bonds is 3. The van der Waals surface area contributed by atoms with Crippen molar-refractivity contribution >= 4 is 5.97 Å². The van der Waals surface area contributed by atoms with Crippen LogP contribution in [0.5, 0.6) is 0 Å². The summed E-state index contributed by atoms with van der Waals surface area (Å²) < 4.78 is 42.1. The molecule has 2 N–H and O–H groups in total. The second-order valence-corrected chi connectivity index (χ2v) is 4.66. The Morgan fingerprint density at radius 3 is 2.35 bits per heavy atom. The lowest BCUT2D eigenvalue weighted by atomic mass is 9.75. The Kier molecular flexibility index (Phi) is 4.41. The Balaban J connectivity index is 2.47. The van der Waals surface area contributed by atoms with E-state index in [1.165, 1.54) is 0 Å². The molecule has 0 aromatic carbocycles. The van der Waals surface area contributed by atoms with Gasteiger partial charge in [-0.2, -0.15) is 13.2 Å². The molecule has 100 valence electrons. The van der Waals surface area contributed by atoms with Crippen LogP contribution < -0.4 is 5.73 Å². The molecule has 1 rings (SSSR count). The van der Waals surface area contributed by atoms with E-state index in [1.54, 1.807) is 6.92 Å². The van der Waals surface area contributed by atoms with E-state index in [0.717, 1.165) is 0 Å². The van der Waals surface area contributed by atoms with Gasteiger partial charge in [0.2, 0.25) is 0 Å². The summed E-state index contributed by atoms with van der Waals surface area (Å²) in [5.41, 5.74) is 5.10. The zero-order chi connectivity index (χ0) is 13.1. The standard InChI is InChI=1S/C11H18F3NO2/c1-2-17-9(16)7-10(15)5-3-8(4-6-10)11(12,13)14/h8H,2-7,15H2,1H3. The number of hydrogen-bond donors (Lipinski definition) is 1. The average molecular weight is 253 g/mol. The van der Waals surface area contributed by atoms with E-state index in [-0.39, 0.29) is 38.7 Å². The van der Waals surface area contributed by atoms with Gasteiger partial charge in [-0.25, -0.2) is 0 Å². The Morgan fingerprint density at radius 1 is 1.41 bits per heavy atom. The first-order valence-electron chi connectivity index (χ1n) is 5.78. The van der Waals surface area contributed by atoms with Crippen LogP contribution in [0.15, 0.2) is 0 Å². The number of nitrogens with two attached hydrogens (primary N) is 1. The van der Waals surface area contributed by atoms with Crippen LogP contribution in [0.1, 0.15) is 39.0 Å². The van der Waals surface area contributed by atoms with Gasteiger partial charge in [0.25, 0.3) is 0 Å². The van der Waals surface area contributed by atoms with Gasteiger partial charge in [-0.3, -0.25) is 4.79 Å². The third-order valence-electron chi connectivity index (χ3n) is 3.25. The summed E-state index contributed by atoms with van der Waals surface area (Å²) in [6.07, 6.45) is -3.71. The topological polar surface area (TPSA) is 52.3 Å². The molecule has 1 fully saturated rings. The van der Waals surface area contributed by atoms with Crippen molar-refractivity contribution in [1.82, 2.24) is 0 Å². The zero-order valence-electron chi connectivity index (χ0n) is 9.85. The first kappa shape index (κ1) is 14.3. The maximum absolute atomic E-state index is 12.4. The summed E-state index contributed by atoms with van der Waals surface area (Å²) >= 11 is 0. The Hall–Kier alpha value is -0.780. The molecule has 0 unspecified atom stereocenters. The maximum Gasteiger partial charge on any atom is 0.391 e. The van der Waals surface area contributed by atoms with Crippen LogP contribution in [-0.2, 0) is 9.53 Å². The first-order chi connectivity index (χ1) is 7.77. The van der Waals surface area contributed by atoms with E-state index in [4.69, 9.17) is 10.5 Å². The van der Waals surface area contributed by atoms with Crippen molar-refractivity contribution in [1.29, 1.82) is 0 Å². The monoisotopic (exact) mass is 253 g/mol. The van der Waals surface area contributed by atoms with Gasteiger partial charge >= 0.3 is 12.1 Å². The minimum Gasteiger partial charge on any atom is -0.466 e. The van der Waals surface area contributed by atoms with Crippen LogP contribution in [0.25, 0.3) is 0 Å². The smallest absolute Gasteiger partial charge is 0.391 e. The van der Waals surface area contributed by atoms with Crippen molar-refractivity contribution in [2.75, 3.05) is 6.61 Å². The summed E-state index contributed by atoms with van der Waals surface area (Å²) in [5, 5.41) is 0. The molecule has 0 spiro atoms. The molecule has 0 amide bonds. The van der Waals surface area contributed by atoms with Crippen molar-refractivity contribution in [3.8, 4) is 0 Å². The van der Waals surface area contributed by atoms with Crippen molar-refractivity contribution in [3.05, 3.63) is 0 Å². The van der Waals surface area contributed by atoms with Crippen LogP contribution >= 0.6 is 0 Å². The van der Waals surface area contributed by atoms with E-state index in [0.29, 0.717) is 0 Å². The molecule has 6 heteroatoms. The third-order valence-corrected chi connectivity index (χ3v) is 3.25. The molecule has 0 aromatic rings. The second-order valence-electron chi connectivity index (χ2n) is 4.66. The van der Waals surface area contributed by atoms with Gasteiger partial charge in [0.15, 0.2) is 0 Å². The van der Waals surface area contributed by atoms with Crippen molar-refractivity contribution in [3.63, 3.8) is 0 Å². The number of carbonyl (C=O) groups excluding carboxylic acids is 1. The Labute approximate surface area is 98.5 Å². The van der Waals surface area contributed by atoms with Crippen LogP contribution in [0.2, 0.25) is 0 Å². The zero-order valence-corrected chi connectivity index (χ0v) is 9.85. The van der Waals surface area contributed by atoms with Gasteiger partial charge in [-0.15, -0.1) is 0 Å². The fraction of sp³-hybridized carbons (Fsp3) is 0.909. The van der Waals surface area contributed by atoms with Crippen LogP contribution in [0.4, 0.5) is 13.2 Å². The fourth-order valence-electron chi connectivity index (χ4n) is 2.20. The highest BCUT2D eigenvalue weighted by atomic mass is 19.4. The predicted octanol–water partition coefficient (Wildman–Crippen LogP) is 2.39. The molecule has 0 bridgehead atoms. The molecule has 1 aliphatic rings. The van der Waals surface area contributed by atoms with E-state index < -0.39 is 23.6 Å². The minimum atomic E-state index is -4.15. The maximum atomic E-state index is 12.4. The Bertz CT molecular complexity index is 270. The van der Waals surface area contributed by atoms with E-state index in [1.807, 2.05) is 0 Å². The van der Waals surface area contributed by atoms with Gasteiger partial charge in [0.05, 0.1) is 18.9 Å². The minimum absolute atomic E-state index is 0.000590. The van der Waals surface area contributed by atoms with Crippen molar-refractivity contribution in [2.45, 2.75) is 50.7 Å². The number of alkyl halides is 3. The normalized spacial score (nSPS) is 30.1. The molecule has 0 atom stereocenters. The van der Waals surface area contributed by atoms with E-state index in [9.17, 15) is 18.0 Å². The SMILES string of the molecule is CCOC(=O)CC1(N)CCC(C(F)(F)F)CC1. The molecule has 0 aliphatic heterocycles. The summed E-state index contributed by atoms with van der Waals surface area (Å²) in [6.45, 7) is 1.95. The highest BCUT2D eigenvalue weighted by Crippen LogP contribution is 2.41. The van der Waals surface area contributed by atoms with Crippen molar-refractivity contribution in [2.24, 2.45) is 11.7 Å². The summed E-state index contributed by atoms with van der Waals surface area (Å²) in [7, 11) is 0. The lowest BCUT2D eigenvalue weighted by Crippen LogP contribution is -2.47. The van der Waals surface area contributed by atoms with Gasteiger partial charge in [0.1, 0.15) is 0 Å². The van der Waals surface area contributed by atoms with Gasteiger partial charge in [0, 0.05) is 5.54 Å². The quantitative estimate of drug-likeness (QED) is 0.786. The van der Waals surface area contributed by atoms with Crippen LogP contribution in [0, 0.1) is 5.92 Å². The molecule has 0 radical (unpaired) electrons. The molecule has 3 nitrogen and oxygen atoms in total. The van der Waals surface area contributed by atoms with Gasteiger partial charge < -0.3 is 10.5 Å². The number of carbonyl (C=O) groups is 1. The van der Waals surface area contributed by atoms with E-state index >= 15 is 0 Å². The van der Waals surface area contributed by atoms with Crippen LogP contribution in [-0.4, -0.2) is 24.3 Å². The third kappa shape index (κ3) is 4.18. The number of halogens is 3. The molecule has 1 aliphatic carbocycles. The Morgan fingerprint density at radius 2 is 1.94 bits per heavy atom. The predicted molar refractivity (Wildman–Crippen MR) is 56.2 cm³/mol. The van der Waals surface area contributed by atoms with Gasteiger partial charge in [-0.1, -0.05) is 0 Å². The molecule has 0 heterocycles. The first-order valence-corrected chi connectivity index (χ1v) is 5.78. The van der Waals surface area contributed by atoms with Crippen molar-refractivity contribution < 1.29 is 22.7 Å². The molecular formula is C11H18F3NO2. The molecule has 0 saturated heterocycles. The second kappa shape index (κ2) is 5.25. The molecule has 1 saturated carbocycles. The highest BCUT2D eigenvalue weighted by Gasteiger charge is 2.45. The fourth-order valence-corrected chi connectivity index (χ4v) is 2.20.